The number of para-hydroxylation sites is 1. The van der Waals surface area contributed by atoms with Crippen LogP contribution in [-0.4, -0.2) is 17.0 Å². The van der Waals surface area contributed by atoms with Gasteiger partial charge in [0.25, 0.3) is 0 Å². The van der Waals surface area contributed by atoms with E-state index in [9.17, 15) is 9.59 Å². The summed E-state index contributed by atoms with van der Waals surface area (Å²) in [6.45, 7) is 3.46. The quantitative estimate of drug-likeness (QED) is 0.742. The van der Waals surface area contributed by atoms with Gasteiger partial charge in [0.2, 0.25) is 5.91 Å². The summed E-state index contributed by atoms with van der Waals surface area (Å²) in [5, 5.41) is 11.3. The standard InChI is InChI=1S/C12H13NO3/c1-2-5-11(14)13-10-7-4-3-6-9(10)8-12(15)16/h2-4,6-7H,1,5,8H2,(H,13,14)(H,15,16). The number of carbonyl (C=O) groups excluding carboxylic acids is 1. The Hall–Kier alpha value is -2.10. The SMILES string of the molecule is C=CCC(=O)Nc1ccccc1CC(=O)O. The molecule has 1 rings (SSSR count). The van der Waals surface area contributed by atoms with E-state index in [0.717, 1.165) is 0 Å². The van der Waals surface area contributed by atoms with E-state index in [2.05, 4.69) is 11.9 Å². The number of aliphatic carboxylic acids is 1. The minimum Gasteiger partial charge on any atom is -0.481 e. The third kappa shape index (κ3) is 3.57. The maximum atomic E-state index is 11.3. The third-order valence-corrected chi connectivity index (χ3v) is 1.96. The third-order valence-electron chi connectivity index (χ3n) is 1.96. The van der Waals surface area contributed by atoms with Gasteiger partial charge < -0.3 is 10.4 Å². The highest BCUT2D eigenvalue weighted by atomic mass is 16.4. The summed E-state index contributed by atoms with van der Waals surface area (Å²) < 4.78 is 0. The van der Waals surface area contributed by atoms with Crippen molar-refractivity contribution in [2.75, 3.05) is 5.32 Å². The topological polar surface area (TPSA) is 66.4 Å². The van der Waals surface area contributed by atoms with Crippen LogP contribution in [0, 0.1) is 0 Å². The van der Waals surface area contributed by atoms with Gasteiger partial charge in [0.05, 0.1) is 6.42 Å². The molecule has 0 aromatic heterocycles. The van der Waals surface area contributed by atoms with Gasteiger partial charge in [-0.05, 0) is 11.6 Å². The molecule has 2 N–H and O–H groups in total. The average Bonchev–Trinajstić information content (AvgIpc) is 2.20. The minimum atomic E-state index is -0.926. The van der Waals surface area contributed by atoms with Crippen LogP contribution in [0.5, 0.6) is 0 Å². The van der Waals surface area contributed by atoms with Crippen LogP contribution in [0.3, 0.4) is 0 Å². The van der Waals surface area contributed by atoms with Crippen LogP contribution in [-0.2, 0) is 16.0 Å². The number of benzene rings is 1. The number of hydrogen-bond acceptors (Lipinski definition) is 2. The predicted octanol–water partition coefficient (Wildman–Crippen LogP) is 1.83. The molecule has 0 bridgehead atoms. The summed E-state index contributed by atoms with van der Waals surface area (Å²) in [4.78, 5) is 21.9. The molecule has 0 aliphatic heterocycles. The highest BCUT2D eigenvalue weighted by Crippen LogP contribution is 2.15. The number of anilines is 1. The van der Waals surface area contributed by atoms with Gasteiger partial charge >= 0.3 is 5.97 Å². The van der Waals surface area contributed by atoms with Gasteiger partial charge in [-0.3, -0.25) is 9.59 Å². The number of rotatable bonds is 5. The minimum absolute atomic E-state index is 0.107. The first kappa shape index (κ1) is 12.0. The van der Waals surface area contributed by atoms with Crippen LogP contribution in [0.25, 0.3) is 0 Å². The van der Waals surface area contributed by atoms with Crippen LogP contribution < -0.4 is 5.32 Å². The number of carboxylic acid groups (broad SMARTS) is 1. The Balaban J connectivity index is 2.81. The van der Waals surface area contributed by atoms with Crippen molar-refractivity contribution in [3.63, 3.8) is 0 Å². The van der Waals surface area contributed by atoms with E-state index in [1.165, 1.54) is 6.08 Å². The second-order valence-electron chi connectivity index (χ2n) is 3.27. The number of carbonyl (C=O) groups is 2. The van der Waals surface area contributed by atoms with Crippen molar-refractivity contribution in [1.29, 1.82) is 0 Å². The molecular weight excluding hydrogens is 206 g/mol. The van der Waals surface area contributed by atoms with Gasteiger partial charge in [0, 0.05) is 12.1 Å². The summed E-state index contributed by atoms with van der Waals surface area (Å²) in [6.07, 6.45) is 1.60. The number of amides is 1. The molecule has 0 heterocycles. The molecule has 16 heavy (non-hydrogen) atoms. The molecular formula is C12H13NO3. The smallest absolute Gasteiger partial charge is 0.307 e. The summed E-state index contributed by atoms with van der Waals surface area (Å²) in [5.41, 5.74) is 1.13. The first-order valence-corrected chi connectivity index (χ1v) is 4.84. The molecule has 0 aliphatic carbocycles. The highest BCUT2D eigenvalue weighted by molar-refractivity contribution is 5.93. The highest BCUT2D eigenvalue weighted by Gasteiger charge is 2.07. The summed E-state index contributed by atoms with van der Waals surface area (Å²) in [5.74, 6) is -1.13. The Morgan fingerprint density at radius 2 is 2.06 bits per heavy atom. The van der Waals surface area contributed by atoms with E-state index in [1.54, 1.807) is 24.3 Å². The van der Waals surface area contributed by atoms with Gasteiger partial charge in [-0.1, -0.05) is 24.3 Å². The Labute approximate surface area is 93.6 Å². The first-order valence-electron chi connectivity index (χ1n) is 4.84. The lowest BCUT2D eigenvalue weighted by Gasteiger charge is -2.08. The molecule has 0 saturated heterocycles. The van der Waals surface area contributed by atoms with E-state index >= 15 is 0 Å². The van der Waals surface area contributed by atoms with Gasteiger partial charge in [0.15, 0.2) is 0 Å². The molecule has 0 aliphatic rings. The lowest BCUT2D eigenvalue weighted by Crippen LogP contribution is -2.12. The van der Waals surface area contributed by atoms with Gasteiger partial charge in [-0.25, -0.2) is 0 Å². The fourth-order valence-corrected chi connectivity index (χ4v) is 1.29. The molecule has 0 fully saturated rings. The molecule has 0 saturated carbocycles. The van der Waals surface area contributed by atoms with Crippen molar-refractivity contribution >= 4 is 17.6 Å². The fraction of sp³-hybridized carbons (Fsp3) is 0.167. The number of hydrogen-bond donors (Lipinski definition) is 2. The lowest BCUT2D eigenvalue weighted by atomic mass is 10.1. The average molecular weight is 219 g/mol. The fourth-order valence-electron chi connectivity index (χ4n) is 1.29. The van der Waals surface area contributed by atoms with Crippen LogP contribution in [0.1, 0.15) is 12.0 Å². The van der Waals surface area contributed by atoms with E-state index in [1.807, 2.05) is 0 Å². The van der Waals surface area contributed by atoms with Gasteiger partial charge in [-0.2, -0.15) is 0 Å². The molecule has 0 radical (unpaired) electrons. The van der Waals surface area contributed by atoms with Crippen molar-refractivity contribution in [3.05, 3.63) is 42.5 Å². The van der Waals surface area contributed by atoms with Gasteiger partial charge in [-0.15, -0.1) is 6.58 Å². The van der Waals surface area contributed by atoms with Crippen LogP contribution in [0.15, 0.2) is 36.9 Å². The molecule has 1 amide bonds. The Kier molecular flexibility index (Phi) is 4.27. The largest absolute Gasteiger partial charge is 0.481 e. The van der Waals surface area contributed by atoms with E-state index in [-0.39, 0.29) is 18.7 Å². The predicted molar refractivity (Wildman–Crippen MR) is 61.2 cm³/mol. The Bertz CT molecular complexity index is 412. The second-order valence-corrected chi connectivity index (χ2v) is 3.27. The second kappa shape index (κ2) is 5.70. The van der Waals surface area contributed by atoms with Crippen LogP contribution in [0.2, 0.25) is 0 Å². The molecule has 0 unspecified atom stereocenters. The molecule has 4 nitrogen and oxygen atoms in total. The molecule has 1 aromatic rings. The van der Waals surface area contributed by atoms with Crippen molar-refractivity contribution < 1.29 is 14.7 Å². The molecule has 0 atom stereocenters. The Morgan fingerprint density at radius 1 is 1.38 bits per heavy atom. The summed E-state index contributed by atoms with van der Waals surface area (Å²) >= 11 is 0. The zero-order chi connectivity index (χ0) is 12.0. The van der Waals surface area contributed by atoms with Crippen molar-refractivity contribution in [2.45, 2.75) is 12.8 Å². The lowest BCUT2D eigenvalue weighted by molar-refractivity contribution is -0.136. The number of carboxylic acids is 1. The van der Waals surface area contributed by atoms with E-state index in [4.69, 9.17) is 5.11 Å². The Morgan fingerprint density at radius 3 is 2.69 bits per heavy atom. The van der Waals surface area contributed by atoms with Crippen molar-refractivity contribution in [1.82, 2.24) is 0 Å². The molecule has 4 heteroatoms. The summed E-state index contributed by atoms with van der Waals surface area (Å²) in [6, 6.07) is 6.84. The first-order chi connectivity index (χ1) is 7.63. The van der Waals surface area contributed by atoms with E-state index in [0.29, 0.717) is 11.3 Å². The summed E-state index contributed by atoms with van der Waals surface area (Å²) in [7, 11) is 0. The molecule has 84 valence electrons. The monoisotopic (exact) mass is 219 g/mol. The van der Waals surface area contributed by atoms with Crippen LogP contribution in [0.4, 0.5) is 5.69 Å². The normalized spacial score (nSPS) is 9.50. The van der Waals surface area contributed by atoms with E-state index < -0.39 is 5.97 Å². The zero-order valence-corrected chi connectivity index (χ0v) is 8.77. The number of nitrogens with one attached hydrogen (secondary N) is 1. The zero-order valence-electron chi connectivity index (χ0n) is 8.77. The van der Waals surface area contributed by atoms with Gasteiger partial charge in [0.1, 0.15) is 0 Å². The van der Waals surface area contributed by atoms with Crippen molar-refractivity contribution in [2.24, 2.45) is 0 Å². The maximum Gasteiger partial charge on any atom is 0.307 e. The van der Waals surface area contributed by atoms with Crippen molar-refractivity contribution in [3.8, 4) is 0 Å². The molecule has 0 spiro atoms. The molecule has 1 aromatic carbocycles. The maximum absolute atomic E-state index is 11.3. The van der Waals surface area contributed by atoms with Crippen LogP contribution >= 0.6 is 0 Å².